The summed E-state index contributed by atoms with van der Waals surface area (Å²) in [6, 6.07) is 7.59. The molecule has 1 aromatic carbocycles. The van der Waals surface area contributed by atoms with Crippen LogP contribution < -0.4 is 10.5 Å². The van der Waals surface area contributed by atoms with Gasteiger partial charge in [0.15, 0.2) is 5.82 Å². The van der Waals surface area contributed by atoms with E-state index in [4.69, 9.17) is 15.0 Å². The van der Waals surface area contributed by atoms with Gasteiger partial charge in [-0.05, 0) is 37.5 Å². The van der Waals surface area contributed by atoms with Crippen molar-refractivity contribution in [2.24, 2.45) is 5.73 Å². The number of hydrogen-bond acceptors (Lipinski definition) is 7. The lowest BCUT2D eigenvalue weighted by atomic mass is 9.77. The number of nitrogens with two attached hydrogens (primary N) is 1. The summed E-state index contributed by atoms with van der Waals surface area (Å²) < 4.78 is 11.1. The van der Waals surface area contributed by atoms with Crippen LogP contribution in [0.2, 0.25) is 0 Å². The van der Waals surface area contributed by atoms with Crippen LogP contribution >= 0.6 is 11.3 Å². The molecule has 0 spiro atoms. The predicted octanol–water partition coefficient (Wildman–Crippen LogP) is 3.11. The Bertz CT molecular complexity index is 796. The molecule has 0 bridgehead atoms. The van der Waals surface area contributed by atoms with Crippen LogP contribution in [0.25, 0.3) is 11.5 Å². The molecule has 1 aliphatic carbocycles. The predicted molar refractivity (Wildman–Crippen MR) is 85.9 cm³/mol. The Morgan fingerprint density at radius 3 is 3.00 bits per heavy atom. The van der Waals surface area contributed by atoms with E-state index in [-0.39, 0.29) is 0 Å². The Morgan fingerprint density at radius 1 is 1.35 bits per heavy atom. The highest BCUT2D eigenvalue weighted by molar-refractivity contribution is 7.07. The van der Waals surface area contributed by atoms with Gasteiger partial charge in [0, 0.05) is 10.9 Å². The van der Waals surface area contributed by atoms with Crippen LogP contribution in [0, 0.1) is 0 Å². The molecular formula is C16H16N4O2S. The lowest BCUT2D eigenvalue weighted by Gasteiger charge is -2.34. The molecule has 1 aliphatic rings. The topological polar surface area (TPSA) is 87.1 Å². The molecule has 0 atom stereocenters. The molecule has 4 rings (SSSR count). The second kappa shape index (κ2) is 5.75. The van der Waals surface area contributed by atoms with Crippen LogP contribution in [-0.2, 0) is 12.1 Å². The summed E-state index contributed by atoms with van der Waals surface area (Å²) in [6.45, 7) is 0.438. The maximum absolute atomic E-state index is 6.23. The molecule has 6 nitrogen and oxygen atoms in total. The van der Waals surface area contributed by atoms with E-state index in [1.807, 2.05) is 29.6 Å². The number of rotatable bonds is 5. The van der Waals surface area contributed by atoms with Gasteiger partial charge in [0.05, 0.1) is 16.7 Å². The number of aromatic nitrogens is 3. The maximum Gasteiger partial charge on any atom is 0.258 e. The number of ether oxygens (including phenoxy) is 1. The van der Waals surface area contributed by atoms with Crippen LogP contribution in [0.1, 0.15) is 30.8 Å². The highest BCUT2D eigenvalue weighted by Crippen LogP contribution is 2.37. The number of nitrogens with zero attached hydrogens (tertiary/aromatic N) is 3. The molecule has 0 aliphatic heterocycles. The van der Waals surface area contributed by atoms with Gasteiger partial charge >= 0.3 is 0 Å². The van der Waals surface area contributed by atoms with Crippen LogP contribution in [-0.4, -0.2) is 15.1 Å². The van der Waals surface area contributed by atoms with Crippen LogP contribution in [0.4, 0.5) is 0 Å². The zero-order valence-electron chi connectivity index (χ0n) is 12.4. The van der Waals surface area contributed by atoms with Gasteiger partial charge in [-0.1, -0.05) is 11.2 Å². The molecule has 23 heavy (non-hydrogen) atoms. The van der Waals surface area contributed by atoms with Crippen molar-refractivity contribution >= 4 is 11.3 Å². The zero-order valence-corrected chi connectivity index (χ0v) is 13.3. The SMILES string of the molecule is NC1(c2noc(-c3cccc(OCc4cscn4)c3)n2)CCC1. The molecule has 118 valence electrons. The standard InChI is InChI=1S/C16H16N4O2S/c17-16(5-2-6-16)15-19-14(22-20-15)11-3-1-4-13(7-11)21-8-12-9-23-10-18-12/h1,3-4,7,9-10H,2,5-6,8,17H2. The third-order valence-electron chi connectivity index (χ3n) is 4.07. The zero-order chi connectivity index (χ0) is 15.7. The van der Waals surface area contributed by atoms with Gasteiger partial charge in [-0.25, -0.2) is 4.98 Å². The average molecular weight is 328 g/mol. The second-order valence-electron chi connectivity index (χ2n) is 5.73. The summed E-state index contributed by atoms with van der Waals surface area (Å²) >= 11 is 1.55. The van der Waals surface area contributed by atoms with Gasteiger partial charge in [0.2, 0.25) is 0 Å². The highest BCUT2D eigenvalue weighted by atomic mass is 32.1. The van der Waals surface area contributed by atoms with E-state index in [0.717, 1.165) is 36.3 Å². The van der Waals surface area contributed by atoms with Crippen molar-refractivity contribution in [3.8, 4) is 17.2 Å². The minimum Gasteiger partial charge on any atom is -0.487 e. The lowest BCUT2D eigenvalue weighted by Crippen LogP contribution is -2.44. The fourth-order valence-electron chi connectivity index (χ4n) is 2.51. The Morgan fingerprint density at radius 2 is 2.26 bits per heavy atom. The maximum atomic E-state index is 6.23. The summed E-state index contributed by atoms with van der Waals surface area (Å²) in [6.07, 6.45) is 2.92. The highest BCUT2D eigenvalue weighted by Gasteiger charge is 2.39. The van der Waals surface area contributed by atoms with E-state index >= 15 is 0 Å². The minimum atomic E-state index is -0.416. The molecule has 1 saturated carbocycles. The van der Waals surface area contributed by atoms with Gasteiger partial charge in [-0.15, -0.1) is 11.3 Å². The number of thiazole rings is 1. The Balaban J connectivity index is 1.51. The fourth-order valence-corrected chi connectivity index (χ4v) is 3.05. The molecule has 2 aromatic heterocycles. The minimum absolute atomic E-state index is 0.416. The third-order valence-corrected chi connectivity index (χ3v) is 4.70. The van der Waals surface area contributed by atoms with Gasteiger partial charge in [-0.2, -0.15) is 4.98 Å². The fraction of sp³-hybridized carbons (Fsp3) is 0.312. The number of hydrogen-bond donors (Lipinski definition) is 1. The summed E-state index contributed by atoms with van der Waals surface area (Å²) in [4.78, 5) is 8.65. The summed E-state index contributed by atoms with van der Waals surface area (Å²) in [5, 5.41) is 6.01. The van der Waals surface area contributed by atoms with Crippen molar-refractivity contribution < 1.29 is 9.26 Å². The monoisotopic (exact) mass is 328 g/mol. The van der Waals surface area contributed by atoms with Crippen molar-refractivity contribution in [1.82, 2.24) is 15.1 Å². The van der Waals surface area contributed by atoms with Gasteiger partial charge in [0.25, 0.3) is 5.89 Å². The van der Waals surface area contributed by atoms with Gasteiger partial charge in [-0.3, -0.25) is 0 Å². The van der Waals surface area contributed by atoms with Gasteiger partial charge in [0.1, 0.15) is 12.4 Å². The Hall–Kier alpha value is -2.25. The average Bonchev–Trinajstić information content (AvgIpc) is 3.22. The second-order valence-corrected chi connectivity index (χ2v) is 6.45. The molecule has 0 radical (unpaired) electrons. The molecule has 2 N–H and O–H groups in total. The van der Waals surface area contributed by atoms with Crippen LogP contribution in [0.15, 0.2) is 39.7 Å². The van der Waals surface area contributed by atoms with E-state index in [2.05, 4.69) is 15.1 Å². The molecular weight excluding hydrogens is 312 g/mol. The first kappa shape index (κ1) is 14.3. The summed E-state index contributed by atoms with van der Waals surface area (Å²) in [5.41, 5.74) is 9.34. The molecule has 0 unspecified atom stereocenters. The van der Waals surface area contributed by atoms with Crippen LogP contribution in [0.3, 0.4) is 0 Å². The normalized spacial score (nSPS) is 16.0. The van der Waals surface area contributed by atoms with Crippen LogP contribution in [0.5, 0.6) is 5.75 Å². The lowest BCUT2D eigenvalue weighted by molar-refractivity contribution is 0.229. The van der Waals surface area contributed by atoms with E-state index in [1.54, 1.807) is 16.8 Å². The molecule has 0 amide bonds. The molecule has 7 heteroatoms. The number of benzene rings is 1. The summed E-state index contributed by atoms with van der Waals surface area (Å²) in [5.74, 6) is 1.80. The molecule has 0 saturated heterocycles. The van der Waals surface area contributed by atoms with E-state index in [1.165, 1.54) is 0 Å². The quantitative estimate of drug-likeness (QED) is 0.774. The van der Waals surface area contributed by atoms with Crippen molar-refractivity contribution in [2.75, 3.05) is 0 Å². The Kier molecular flexibility index (Phi) is 3.59. The smallest absolute Gasteiger partial charge is 0.258 e. The van der Waals surface area contributed by atoms with Gasteiger partial charge < -0.3 is 15.0 Å². The van der Waals surface area contributed by atoms with Crippen molar-refractivity contribution in [3.05, 3.63) is 46.7 Å². The first-order chi connectivity index (χ1) is 11.2. The van der Waals surface area contributed by atoms with Crippen molar-refractivity contribution in [2.45, 2.75) is 31.4 Å². The molecule has 3 aromatic rings. The van der Waals surface area contributed by atoms with Crippen molar-refractivity contribution in [3.63, 3.8) is 0 Å². The first-order valence-electron chi connectivity index (χ1n) is 7.46. The Labute approximate surface area is 137 Å². The van der Waals surface area contributed by atoms with E-state index in [9.17, 15) is 0 Å². The summed E-state index contributed by atoms with van der Waals surface area (Å²) in [7, 11) is 0. The van der Waals surface area contributed by atoms with E-state index < -0.39 is 5.54 Å². The van der Waals surface area contributed by atoms with Crippen molar-refractivity contribution in [1.29, 1.82) is 0 Å². The molecule has 2 heterocycles. The largest absolute Gasteiger partial charge is 0.487 e. The van der Waals surface area contributed by atoms with E-state index in [0.29, 0.717) is 18.3 Å². The third kappa shape index (κ3) is 2.85. The molecule has 1 fully saturated rings. The first-order valence-corrected chi connectivity index (χ1v) is 8.41.